The number of hydrogen-bond donors (Lipinski definition) is 1. The molecular formula is C18H17ClO2. The van der Waals surface area contributed by atoms with Crippen LogP contribution in [0.25, 0.3) is 0 Å². The van der Waals surface area contributed by atoms with Gasteiger partial charge in [0.25, 0.3) is 0 Å². The minimum absolute atomic E-state index is 0.0884. The first-order valence-electron chi connectivity index (χ1n) is 6.77. The van der Waals surface area contributed by atoms with Crippen molar-refractivity contribution in [3.63, 3.8) is 0 Å². The van der Waals surface area contributed by atoms with E-state index in [1.807, 2.05) is 49.4 Å². The largest absolute Gasteiger partial charge is 0.489 e. The van der Waals surface area contributed by atoms with Gasteiger partial charge in [-0.25, -0.2) is 0 Å². The third-order valence-electron chi connectivity index (χ3n) is 3.01. The van der Waals surface area contributed by atoms with Crippen LogP contribution in [0.5, 0.6) is 5.75 Å². The van der Waals surface area contributed by atoms with Crippen LogP contribution >= 0.6 is 11.6 Å². The number of rotatable bonds is 4. The molecule has 0 aliphatic rings. The molecule has 2 aromatic carbocycles. The van der Waals surface area contributed by atoms with Crippen LogP contribution in [0.3, 0.4) is 0 Å². The van der Waals surface area contributed by atoms with Gasteiger partial charge in [0.2, 0.25) is 0 Å². The van der Waals surface area contributed by atoms with E-state index in [0.29, 0.717) is 18.1 Å². The number of benzene rings is 2. The fraction of sp³-hybridized carbons (Fsp3) is 0.222. The highest BCUT2D eigenvalue weighted by Gasteiger charge is 2.02. The summed E-state index contributed by atoms with van der Waals surface area (Å²) >= 11 is 6.10. The van der Waals surface area contributed by atoms with Crippen molar-refractivity contribution in [2.75, 3.05) is 6.61 Å². The Morgan fingerprint density at radius 3 is 2.71 bits per heavy atom. The molecule has 0 atom stereocenters. The highest BCUT2D eigenvalue weighted by Crippen LogP contribution is 2.20. The van der Waals surface area contributed by atoms with E-state index >= 15 is 0 Å². The third kappa shape index (κ3) is 4.53. The molecule has 1 N–H and O–H groups in total. The van der Waals surface area contributed by atoms with Crippen LogP contribution in [0.4, 0.5) is 0 Å². The number of ether oxygens (including phenoxy) is 1. The van der Waals surface area contributed by atoms with E-state index in [9.17, 15) is 0 Å². The maximum absolute atomic E-state index is 8.73. The second-order valence-corrected chi connectivity index (χ2v) is 5.04. The van der Waals surface area contributed by atoms with Crippen molar-refractivity contribution in [2.24, 2.45) is 0 Å². The zero-order valence-electron chi connectivity index (χ0n) is 11.9. The van der Waals surface area contributed by atoms with Crippen molar-refractivity contribution >= 4 is 11.6 Å². The first-order valence-corrected chi connectivity index (χ1v) is 7.15. The van der Waals surface area contributed by atoms with Crippen molar-refractivity contribution < 1.29 is 9.84 Å². The molecule has 0 bridgehead atoms. The van der Waals surface area contributed by atoms with Crippen molar-refractivity contribution in [1.82, 2.24) is 0 Å². The van der Waals surface area contributed by atoms with E-state index in [1.54, 1.807) is 0 Å². The second kappa shape index (κ2) is 7.73. The number of hydrogen-bond acceptors (Lipinski definition) is 2. The van der Waals surface area contributed by atoms with Gasteiger partial charge in [-0.1, -0.05) is 41.6 Å². The van der Waals surface area contributed by atoms with Crippen LogP contribution in [0, 0.1) is 18.8 Å². The normalized spacial score (nSPS) is 9.86. The van der Waals surface area contributed by atoms with Gasteiger partial charge in [-0.15, -0.1) is 0 Å². The van der Waals surface area contributed by atoms with Crippen molar-refractivity contribution in [2.45, 2.75) is 20.0 Å². The molecule has 0 heterocycles. The average Bonchev–Trinajstić information content (AvgIpc) is 2.49. The molecule has 0 unspecified atom stereocenters. The molecule has 0 aromatic heterocycles. The lowest BCUT2D eigenvalue weighted by Crippen LogP contribution is -1.97. The van der Waals surface area contributed by atoms with Gasteiger partial charge in [-0.3, -0.25) is 0 Å². The van der Waals surface area contributed by atoms with Crippen molar-refractivity contribution in [1.29, 1.82) is 0 Å². The van der Waals surface area contributed by atoms with Gasteiger partial charge < -0.3 is 9.84 Å². The van der Waals surface area contributed by atoms with Crippen molar-refractivity contribution in [3.05, 3.63) is 64.2 Å². The molecule has 0 saturated heterocycles. The third-order valence-corrected chi connectivity index (χ3v) is 3.38. The van der Waals surface area contributed by atoms with Crippen LogP contribution in [0.2, 0.25) is 5.02 Å². The maximum Gasteiger partial charge on any atom is 0.120 e. The van der Waals surface area contributed by atoms with Crippen LogP contribution in [0.1, 0.15) is 23.1 Å². The Labute approximate surface area is 130 Å². The highest BCUT2D eigenvalue weighted by atomic mass is 35.5. The van der Waals surface area contributed by atoms with E-state index in [4.69, 9.17) is 21.4 Å². The first kappa shape index (κ1) is 15.4. The molecule has 3 heteroatoms. The standard InChI is InChI=1S/C18H17ClO2/c1-14-12-17(10-9-15(14)6-4-5-11-20)21-13-16-7-2-3-8-18(16)19/h2-3,7-10,12,20H,5,11,13H2,1H3. The molecule has 0 aliphatic heterocycles. The van der Waals surface area contributed by atoms with Gasteiger partial charge in [0.1, 0.15) is 12.4 Å². The summed E-state index contributed by atoms with van der Waals surface area (Å²) in [5.74, 6) is 6.75. The molecule has 0 saturated carbocycles. The summed E-state index contributed by atoms with van der Waals surface area (Å²) in [6, 6.07) is 13.4. The predicted octanol–water partition coefficient (Wildman–Crippen LogP) is 3.96. The fourth-order valence-electron chi connectivity index (χ4n) is 1.86. The molecule has 0 spiro atoms. The number of aliphatic hydroxyl groups is 1. The van der Waals surface area contributed by atoms with E-state index in [-0.39, 0.29) is 6.61 Å². The lowest BCUT2D eigenvalue weighted by Gasteiger charge is -2.09. The zero-order valence-corrected chi connectivity index (χ0v) is 12.7. The van der Waals surface area contributed by atoms with Gasteiger partial charge in [-0.05, 0) is 36.8 Å². The average molecular weight is 301 g/mol. The molecular weight excluding hydrogens is 284 g/mol. The summed E-state index contributed by atoms with van der Waals surface area (Å²) < 4.78 is 5.76. The Morgan fingerprint density at radius 2 is 2.00 bits per heavy atom. The Morgan fingerprint density at radius 1 is 1.19 bits per heavy atom. The van der Waals surface area contributed by atoms with Gasteiger partial charge in [0.15, 0.2) is 0 Å². The Bertz CT molecular complexity index is 668. The van der Waals surface area contributed by atoms with Crippen molar-refractivity contribution in [3.8, 4) is 17.6 Å². The Kier molecular flexibility index (Phi) is 5.68. The van der Waals surface area contributed by atoms with Crippen LogP contribution in [-0.4, -0.2) is 11.7 Å². The predicted molar refractivity (Wildman–Crippen MR) is 85.5 cm³/mol. The fourth-order valence-corrected chi connectivity index (χ4v) is 2.05. The molecule has 21 heavy (non-hydrogen) atoms. The minimum atomic E-state index is 0.0884. The summed E-state index contributed by atoms with van der Waals surface area (Å²) in [4.78, 5) is 0. The SMILES string of the molecule is Cc1cc(OCc2ccccc2Cl)ccc1C#CCCO. The summed E-state index contributed by atoms with van der Waals surface area (Å²) in [7, 11) is 0. The minimum Gasteiger partial charge on any atom is -0.489 e. The van der Waals surface area contributed by atoms with Gasteiger partial charge >= 0.3 is 0 Å². The molecule has 108 valence electrons. The number of aryl methyl sites for hydroxylation is 1. The summed E-state index contributed by atoms with van der Waals surface area (Å²) in [5, 5.41) is 9.43. The van der Waals surface area contributed by atoms with Crippen LogP contribution in [0.15, 0.2) is 42.5 Å². The summed E-state index contributed by atoms with van der Waals surface area (Å²) in [5.41, 5.74) is 2.97. The van der Waals surface area contributed by atoms with E-state index < -0.39 is 0 Å². The Balaban J connectivity index is 2.04. The lowest BCUT2D eigenvalue weighted by molar-refractivity contribution is 0.305. The molecule has 2 aromatic rings. The summed E-state index contributed by atoms with van der Waals surface area (Å²) in [6.45, 7) is 2.52. The lowest BCUT2D eigenvalue weighted by atomic mass is 10.1. The molecule has 0 radical (unpaired) electrons. The molecule has 2 nitrogen and oxygen atoms in total. The maximum atomic E-state index is 8.73. The van der Waals surface area contributed by atoms with Gasteiger partial charge in [0.05, 0.1) is 6.61 Å². The van der Waals surface area contributed by atoms with Gasteiger partial charge in [-0.2, -0.15) is 0 Å². The Hall–Kier alpha value is -1.95. The molecule has 0 fully saturated rings. The van der Waals surface area contributed by atoms with Crippen LogP contribution < -0.4 is 4.74 Å². The topological polar surface area (TPSA) is 29.5 Å². The molecule has 0 amide bonds. The molecule has 2 rings (SSSR count). The second-order valence-electron chi connectivity index (χ2n) is 4.63. The smallest absolute Gasteiger partial charge is 0.120 e. The van der Waals surface area contributed by atoms with E-state index in [0.717, 1.165) is 22.4 Å². The first-order chi connectivity index (χ1) is 10.2. The van der Waals surface area contributed by atoms with Gasteiger partial charge in [0, 0.05) is 22.6 Å². The zero-order chi connectivity index (χ0) is 15.1. The van der Waals surface area contributed by atoms with E-state index in [2.05, 4.69) is 11.8 Å². The highest BCUT2D eigenvalue weighted by molar-refractivity contribution is 6.31. The number of aliphatic hydroxyl groups excluding tert-OH is 1. The number of halogens is 1. The quantitative estimate of drug-likeness (QED) is 0.866. The summed E-state index contributed by atoms with van der Waals surface area (Å²) in [6.07, 6.45) is 0.490. The van der Waals surface area contributed by atoms with E-state index in [1.165, 1.54) is 0 Å². The molecule has 0 aliphatic carbocycles. The monoisotopic (exact) mass is 300 g/mol. The van der Waals surface area contributed by atoms with Crippen LogP contribution in [-0.2, 0) is 6.61 Å².